The summed E-state index contributed by atoms with van der Waals surface area (Å²) < 4.78 is 25.2. The van der Waals surface area contributed by atoms with E-state index in [2.05, 4.69) is 17.1 Å². The molecular weight excluding hydrogens is 286 g/mol. The van der Waals surface area contributed by atoms with Gasteiger partial charge in [-0.05, 0) is 50.1 Å². The highest BCUT2D eigenvalue weighted by Crippen LogP contribution is 2.35. The summed E-state index contributed by atoms with van der Waals surface area (Å²) in [5.74, 6) is 2.13. The highest BCUT2D eigenvalue weighted by atomic mass is 32.2. The number of sulfonamides is 1. The number of hydrogen-bond donors (Lipinski definition) is 1. The van der Waals surface area contributed by atoms with Gasteiger partial charge in [0.15, 0.2) is 0 Å². The van der Waals surface area contributed by atoms with Crippen molar-refractivity contribution in [3.8, 4) is 0 Å². The SMILES string of the molecule is CCC1C2CNCC2CN1CC1CCCN(S(C)(=O)=O)C1. The lowest BCUT2D eigenvalue weighted by Crippen LogP contribution is -2.45. The van der Waals surface area contributed by atoms with Gasteiger partial charge in [-0.25, -0.2) is 12.7 Å². The quantitative estimate of drug-likeness (QED) is 0.825. The third-order valence-electron chi connectivity index (χ3n) is 5.69. The van der Waals surface area contributed by atoms with Crippen LogP contribution in [0.1, 0.15) is 26.2 Å². The van der Waals surface area contributed by atoms with Crippen molar-refractivity contribution in [2.75, 3.05) is 45.5 Å². The molecule has 0 amide bonds. The van der Waals surface area contributed by atoms with E-state index in [0.29, 0.717) is 18.5 Å². The zero-order valence-electron chi connectivity index (χ0n) is 13.3. The Morgan fingerprint density at radius 3 is 2.76 bits per heavy atom. The molecule has 0 aromatic heterocycles. The topological polar surface area (TPSA) is 52.6 Å². The van der Waals surface area contributed by atoms with Crippen LogP contribution in [0.4, 0.5) is 0 Å². The first-order valence-corrected chi connectivity index (χ1v) is 10.2. The molecule has 0 saturated carbocycles. The van der Waals surface area contributed by atoms with Gasteiger partial charge in [-0.1, -0.05) is 6.92 Å². The molecule has 4 atom stereocenters. The second kappa shape index (κ2) is 6.14. The lowest BCUT2D eigenvalue weighted by molar-refractivity contribution is 0.152. The Morgan fingerprint density at radius 2 is 2.05 bits per heavy atom. The number of likely N-dealkylation sites (tertiary alicyclic amines) is 1. The molecular formula is C15H29N3O2S. The van der Waals surface area contributed by atoms with Gasteiger partial charge < -0.3 is 5.32 Å². The molecule has 1 N–H and O–H groups in total. The van der Waals surface area contributed by atoms with E-state index in [1.54, 1.807) is 4.31 Å². The number of hydrogen-bond acceptors (Lipinski definition) is 4. The number of nitrogens with zero attached hydrogens (tertiary/aromatic N) is 2. The lowest BCUT2D eigenvalue weighted by atomic mass is 9.92. The van der Waals surface area contributed by atoms with Crippen LogP contribution in [0.2, 0.25) is 0 Å². The van der Waals surface area contributed by atoms with Crippen LogP contribution >= 0.6 is 0 Å². The Kier molecular flexibility index (Phi) is 4.60. The number of rotatable bonds is 4. The fraction of sp³-hybridized carbons (Fsp3) is 1.00. The van der Waals surface area contributed by atoms with Crippen molar-refractivity contribution >= 4 is 10.0 Å². The Balaban J connectivity index is 1.61. The highest BCUT2D eigenvalue weighted by Gasteiger charge is 2.43. The molecule has 3 rings (SSSR count). The van der Waals surface area contributed by atoms with E-state index >= 15 is 0 Å². The zero-order chi connectivity index (χ0) is 15.0. The van der Waals surface area contributed by atoms with Crippen LogP contribution in [0.15, 0.2) is 0 Å². The van der Waals surface area contributed by atoms with Crippen molar-refractivity contribution < 1.29 is 8.42 Å². The van der Waals surface area contributed by atoms with Gasteiger partial charge >= 0.3 is 0 Å². The minimum atomic E-state index is -3.02. The standard InChI is InChI=1S/C15H29N3O2S/c1-3-15-14-8-16-7-13(14)11-17(15)9-12-5-4-6-18(10-12)21(2,19)20/h12-16H,3-11H2,1-2H3. The number of piperidine rings is 1. The molecule has 0 aromatic carbocycles. The zero-order valence-corrected chi connectivity index (χ0v) is 14.1. The second-order valence-corrected chi connectivity index (χ2v) is 9.12. The van der Waals surface area contributed by atoms with Gasteiger partial charge in [0.2, 0.25) is 10.0 Å². The second-order valence-electron chi connectivity index (χ2n) is 7.14. The summed E-state index contributed by atoms with van der Waals surface area (Å²) in [6.07, 6.45) is 4.74. The predicted octanol–water partition coefficient (Wildman–Crippen LogP) is 0.588. The summed E-state index contributed by atoms with van der Waals surface area (Å²) >= 11 is 0. The molecule has 0 spiro atoms. The number of nitrogens with one attached hydrogen (secondary N) is 1. The monoisotopic (exact) mass is 315 g/mol. The first kappa shape index (κ1) is 15.7. The normalized spacial score (nSPS) is 38.8. The van der Waals surface area contributed by atoms with Crippen molar-refractivity contribution in [2.24, 2.45) is 17.8 Å². The molecule has 3 aliphatic rings. The van der Waals surface area contributed by atoms with E-state index in [9.17, 15) is 8.42 Å². The summed E-state index contributed by atoms with van der Waals surface area (Å²) in [4.78, 5) is 2.66. The first-order chi connectivity index (χ1) is 9.99. The Hall–Kier alpha value is -0.170. The fourth-order valence-corrected chi connectivity index (χ4v) is 5.63. The molecule has 0 bridgehead atoms. The maximum absolute atomic E-state index is 11.8. The van der Waals surface area contributed by atoms with Gasteiger partial charge in [0, 0.05) is 32.2 Å². The lowest BCUT2D eigenvalue weighted by Gasteiger charge is -2.35. The Morgan fingerprint density at radius 1 is 1.24 bits per heavy atom. The molecule has 3 heterocycles. The Labute approximate surface area is 129 Å². The van der Waals surface area contributed by atoms with Crippen molar-refractivity contribution in [1.29, 1.82) is 0 Å². The molecule has 0 aliphatic carbocycles. The van der Waals surface area contributed by atoms with E-state index < -0.39 is 10.0 Å². The summed E-state index contributed by atoms with van der Waals surface area (Å²) in [6.45, 7) is 8.34. The minimum absolute atomic E-state index is 0.509. The predicted molar refractivity (Wildman–Crippen MR) is 84.6 cm³/mol. The van der Waals surface area contributed by atoms with E-state index in [-0.39, 0.29) is 0 Å². The van der Waals surface area contributed by atoms with Crippen molar-refractivity contribution in [1.82, 2.24) is 14.5 Å². The molecule has 122 valence electrons. The third kappa shape index (κ3) is 3.28. The van der Waals surface area contributed by atoms with Crippen LogP contribution in [-0.2, 0) is 10.0 Å². The van der Waals surface area contributed by atoms with E-state index in [4.69, 9.17) is 0 Å². The van der Waals surface area contributed by atoms with Gasteiger partial charge in [0.05, 0.1) is 6.26 Å². The Bertz CT molecular complexity index is 468. The maximum Gasteiger partial charge on any atom is 0.211 e. The van der Waals surface area contributed by atoms with Crippen molar-refractivity contribution in [2.45, 2.75) is 32.2 Å². The van der Waals surface area contributed by atoms with Crippen LogP contribution in [0.3, 0.4) is 0 Å². The van der Waals surface area contributed by atoms with E-state index in [1.165, 1.54) is 32.2 Å². The highest BCUT2D eigenvalue weighted by molar-refractivity contribution is 7.88. The van der Waals surface area contributed by atoms with Crippen LogP contribution in [-0.4, -0.2) is 69.2 Å². The van der Waals surface area contributed by atoms with Crippen LogP contribution in [0.25, 0.3) is 0 Å². The molecule has 3 saturated heterocycles. The average Bonchev–Trinajstić information content (AvgIpc) is 2.98. The largest absolute Gasteiger partial charge is 0.316 e. The van der Waals surface area contributed by atoms with Gasteiger partial charge in [0.25, 0.3) is 0 Å². The summed E-state index contributed by atoms with van der Waals surface area (Å²) in [6, 6.07) is 0.693. The van der Waals surface area contributed by atoms with Crippen LogP contribution in [0, 0.1) is 17.8 Å². The summed E-state index contributed by atoms with van der Waals surface area (Å²) in [5.41, 5.74) is 0. The summed E-state index contributed by atoms with van der Waals surface area (Å²) in [7, 11) is -3.02. The molecule has 0 aromatic rings. The molecule has 5 nitrogen and oxygen atoms in total. The van der Waals surface area contributed by atoms with Gasteiger partial charge in [-0.2, -0.15) is 0 Å². The van der Waals surface area contributed by atoms with Crippen LogP contribution in [0.5, 0.6) is 0 Å². The van der Waals surface area contributed by atoms with Gasteiger partial charge in [-0.3, -0.25) is 4.90 Å². The minimum Gasteiger partial charge on any atom is -0.316 e. The third-order valence-corrected chi connectivity index (χ3v) is 6.96. The fourth-order valence-electron chi connectivity index (χ4n) is 4.69. The van der Waals surface area contributed by atoms with E-state index in [1.807, 2.05) is 0 Å². The smallest absolute Gasteiger partial charge is 0.211 e. The molecule has 21 heavy (non-hydrogen) atoms. The first-order valence-electron chi connectivity index (χ1n) is 8.39. The van der Waals surface area contributed by atoms with Gasteiger partial charge in [-0.15, -0.1) is 0 Å². The maximum atomic E-state index is 11.8. The van der Waals surface area contributed by atoms with Crippen LogP contribution < -0.4 is 5.32 Å². The van der Waals surface area contributed by atoms with E-state index in [0.717, 1.165) is 37.9 Å². The molecule has 6 heteroatoms. The van der Waals surface area contributed by atoms with Crippen molar-refractivity contribution in [3.63, 3.8) is 0 Å². The molecule has 3 fully saturated rings. The van der Waals surface area contributed by atoms with Crippen molar-refractivity contribution in [3.05, 3.63) is 0 Å². The molecule has 4 unspecified atom stereocenters. The summed E-state index contributed by atoms with van der Waals surface area (Å²) in [5, 5.41) is 3.53. The average molecular weight is 315 g/mol. The van der Waals surface area contributed by atoms with Gasteiger partial charge in [0.1, 0.15) is 0 Å². The number of fused-ring (bicyclic) bond motifs is 1. The molecule has 3 aliphatic heterocycles. The molecule has 0 radical (unpaired) electrons.